The molecule has 0 bridgehead atoms. The summed E-state index contributed by atoms with van der Waals surface area (Å²) in [6.45, 7) is 11.0. The average molecular weight is 267 g/mol. The van der Waals surface area contributed by atoms with Gasteiger partial charge in [-0.2, -0.15) is 11.8 Å². The summed E-state index contributed by atoms with van der Waals surface area (Å²) in [5.41, 5.74) is 7.26. The summed E-state index contributed by atoms with van der Waals surface area (Å²) >= 11 is 1.86. The zero-order valence-electron chi connectivity index (χ0n) is 12.0. The number of imidazole rings is 1. The van der Waals surface area contributed by atoms with E-state index in [-0.39, 0.29) is 5.41 Å². The topological polar surface area (TPSA) is 43.8 Å². The Labute approximate surface area is 115 Å². The van der Waals surface area contributed by atoms with E-state index in [1.165, 1.54) is 0 Å². The van der Waals surface area contributed by atoms with E-state index < -0.39 is 0 Å². The van der Waals surface area contributed by atoms with E-state index >= 15 is 0 Å². The highest BCUT2D eigenvalue weighted by Gasteiger charge is 2.24. The number of thioether (sulfide) groups is 1. The van der Waals surface area contributed by atoms with Crippen molar-refractivity contribution in [3.05, 3.63) is 24.2 Å². The minimum Gasteiger partial charge on any atom is -0.384 e. The zero-order chi connectivity index (χ0) is 13.8. The molecule has 0 aliphatic carbocycles. The van der Waals surface area contributed by atoms with Gasteiger partial charge in [-0.1, -0.05) is 26.8 Å². The number of allylic oxidation sites excluding steroid dienone is 1. The Morgan fingerprint density at radius 3 is 2.61 bits per heavy atom. The van der Waals surface area contributed by atoms with Gasteiger partial charge in [0.25, 0.3) is 0 Å². The van der Waals surface area contributed by atoms with Crippen molar-refractivity contribution in [3.63, 3.8) is 0 Å². The average Bonchev–Trinajstić information content (AvgIpc) is 2.58. The number of rotatable bonds is 6. The number of aryl methyl sites for hydroxylation is 1. The number of nitrogen functional groups attached to an aromatic ring is 1. The van der Waals surface area contributed by atoms with Crippen molar-refractivity contribution in [2.75, 3.05) is 17.7 Å². The molecule has 0 amide bonds. The predicted molar refractivity (Wildman–Crippen MR) is 82.2 cm³/mol. The molecule has 0 unspecified atom stereocenters. The van der Waals surface area contributed by atoms with E-state index in [0.29, 0.717) is 0 Å². The summed E-state index contributed by atoms with van der Waals surface area (Å²) in [4.78, 5) is 4.75. The van der Waals surface area contributed by atoms with Crippen LogP contribution in [0.15, 0.2) is 12.7 Å². The highest BCUT2D eigenvalue weighted by atomic mass is 32.2. The van der Waals surface area contributed by atoms with E-state index in [0.717, 1.165) is 42.5 Å². The molecule has 0 aliphatic heterocycles. The van der Waals surface area contributed by atoms with Crippen LogP contribution in [0.25, 0.3) is 0 Å². The first-order chi connectivity index (χ1) is 8.41. The van der Waals surface area contributed by atoms with Crippen LogP contribution in [0.3, 0.4) is 0 Å². The highest BCUT2D eigenvalue weighted by molar-refractivity contribution is 7.98. The summed E-state index contributed by atoms with van der Waals surface area (Å²) in [7, 11) is 0. The van der Waals surface area contributed by atoms with Gasteiger partial charge in [-0.05, 0) is 24.9 Å². The molecule has 0 spiro atoms. The van der Waals surface area contributed by atoms with Gasteiger partial charge < -0.3 is 10.3 Å². The van der Waals surface area contributed by atoms with E-state index in [1.807, 2.05) is 17.8 Å². The number of nitrogens with zero attached hydrogens (tertiary/aromatic N) is 2. The minimum absolute atomic E-state index is 0.00882. The number of nitrogens with two attached hydrogens (primary N) is 1. The maximum Gasteiger partial charge on any atom is 0.127 e. The number of hydrogen-bond donors (Lipinski definition) is 1. The molecule has 1 rings (SSSR count). The van der Waals surface area contributed by atoms with E-state index in [2.05, 4.69) is 38.2 Å². The molecule has 0 atom stereocenters. The molecule has 18 heavy (non-hydrogen) atoms. The fraction of sp³-hybridized carbons (Fsp3) is 0.643. The van der Waals surface area contributed by atoms with Crippen molar-refractivity contribution in [2.45, 2.75) is 45.6 Å². The van der Waals surface area contributed by atoms with Gasteiger partial charge in [0.15, 0.2) is 0 Å². The van der Waals surface area contributed by atoms with Crippen molar-refractivity contribution in [2.24, 2.45) is 0 Å². The Morgan fingerprint density at radius 2 is 2.11 bits per heavy atom. The van der Waals surface area contributed by atoms with Crippen molar-refractivity contribution in [1.29, 1.82) is 0 Å². The Morgan fingerprint density at radius 1 is 1.44 bits per heavy atom. The first kappa shape index (κ1) is 15.2. The second-order valence-electron chi connectivity index (χ2n) is 5.51. The molecule has 0 saturated carbocycles. The molecule has 0 fully saturated rings. The largest absolute Gasteiger partial charge is 0.384 e. The maximum atomic E-state index is 6.22. The molecule has 3 nitrogen and oxygen atoms in total. The fourth-order valence-electron chi connectivity index (χ4n) is 1.97. The normalized spacial score (nSPS) is 11.8. The van der Waals surface area contributed by atoms with Crippen molar-refractivity contribution >= 4 is 17.6 Å². The second-order valence-corrected chi connectivity index (χ2v) is 6.50. The lowest BCUT2D eigenvalue weighted by molar-refractivity contribution is 0.514. The summed E-state index contributed by atoms with van der Waals surface area (Å²) < 4.78 is 2.08. The van der Waals surface area contributed by atoms with Gasteiger partial charge in [0.05, 0.1) is 5.69 Å². The lowest BCUT2D eigenvalue weighted by Gasteiger charge is -2.19. The Balaban J connectivity index is 3.03. The predicted octanol–water partition coefficient (Wildman–Crippen LogP) is 3.24. The monoisotopic (exact) mass is 267 g/mol. The van der Waals surface area contributed by atoms with Crippen molar-refractivity contribution < 1.29 is 0 Å². The number of anilines is 1. The van der Waals surface area contributed by atoms with Gasteiger partial charge in [0, 0.05) is 12.0 Å². The van der Waals surface area contributed by atoms with Crippen LogP contribution in [0.2, 0.25) is 0 Å². The lowest BCUT2D eigenvalue weighted by Crippen LogP contribution is -2.19. The molecular weight excluding hydrogens is 242 g/mol. The maximum absolute atomic E-state index is 6.22. The van der Waals surface area contributed by atoms with Gasteiger partial charge in [-0.3, -0.25) is 0 Å². The van der Waals surface area contributed by atoms with Crippen LogP contribution in [-0.4, -0.2) is 21.6 Å². The molecule has 0 saturated heterocycles. The first-order valence-corrected chi connectivity index (χ1v) is 7.76. The second kappa shape index (κ2) is 6.32. The molecular formula is C14H25N3S. The standard InChI is InChI=1S/C14H25N3S/c1-6-9-17-12(15)11(8-7-10-18-5)16-13(17)14(2,3)4/h6H,1,7-10,15H2,2-5H3. The van der Waals surface area contributed by atoms with Gasteiger partial charge in [0.1, 0.15) is 11.6 Å². The smallest absolute Gasteiger partial charge is 0.127 e. The van der Waals surface area contributed by atoms with E-state index in [9.17, 15) is 0 Å². The highest BCUT2D eigenvalue weighted by Crippen LogP contribution is 2.26. The van der Waals surface area contributed by atoms with Gasteiger partial charge in [-0.25, -0.2) is 4.98 Å². The molecule has 2 N–H and O–H groups in total. The SMILES string of the molecule is C=CCn1c(C(C)(C)C)nc(CCCSC)c1N. The van der Waals surface area contributed by atoms with Crippen LogP contribution in [0.1, 0.15) is 38.7 Å². The number of hydrogen-bond acceptors (Lipinski definition) is 3. The zero-order valence-corrected chi connectivity index (χ0v) is 12.8. The molecule has 1 aromatic heterocycles. The molecule has 102 valence electrons. The first-order valence-electron chi connectivity index (χ1n) is 6.37. The van der Waals surface area contributed by atoms with Crippen LogP contribution >= 0.6 is 11.8 Å². The summed E-state index contributed by atoms with van der Waals surface area (Å²) in [5, 5.41) is 0. The Kier molecular flexibility index (Phi) is 5.32. The Hall–Kier alpha value is -0.900. The molecule has 1 heterocycles. The molecule has 0 aliphatic rings. The third-order valence-electron chi connectivity index (χ3n) is 2.83. The van der Waals surface area contributed by atoms with Crippen LogP contribution in [-0.2, 0) is 18.4 Å². The van der Waals surface area contributed by atoms with Crippen LogP contribution < -0.4 is 5.73 Å². The van der Waals surface area contributed by atoms with Crippen molar-refractivity contribution in [3.8, 4) is 0 Å². The van der Waals surface area contributed by atoms with Crippen LogP contribution in [0.5, 0.6) is 0 Å². The molecule has 0 radical (unpaired) electrons. The minimum atomic E-state index is 0.00882. The van der Waals surface area contributed by atoms with Gasteiger partial charge in [-0.15, -0.1) is 6.58 Å². The summed E-state index contributed by atoms with van der Waals surface area (Å²) in [6.07, 6.45) is 6.08. The fourth-order valence-corrected chi connectivity index (χ4v) is 2.40. The third kappa shape index (κ3) is 3.55. The Bertz CT molecular complexity index is 402. The van der Waals surface area contributed by atoms with Crippen molar-refractivity contribution in [1.82, 2.24) is 9.55 Å². The third-order valence-corrected chi connectivity index (χ3v) is 3.52. The van der Waals surface area contributed by atoms with Crippen LogP contribution in [0.4, 0.5) is 5.82 Å². The summed E-state index contributed by atoms with van der Waals surface area (Å²) in [5.74, 6) is 3.01. The van der Waals surface area contributed by atoms with Gasteiger partial charge >= 0.3 is 0 Å². The molecule has 4 heteroatoms. The van der Waals surface area contributed by atoms with E-state index in [1.54, 1.807) is 0 Å². The quantitative estimate of drug-likeness (QED) is 0.635. The molecule has 1 aromatic rings. The van der Waals surface area contributed by atoms with Gasteiger partial charge in [0.2, 0.25) is 0 Å². The van der Waals surface area contributed by atoms with Crippen LogP contribution in [0, 0.1) is 0 Å². The molecule has 0 aromatic carbocycles. The van der Waals surface area contributed by atoms with E-state index in [4.69, 9.17) is 10.7 Å². The lowest BCUT2D eigenvalue weighted by atomic mass is 9.95. The summed E-state index contributed by atoms with van der Waals surface area (Å²) in [6, 6.07) is 0. The number of aromatic nitrogens is 2.